The van der Waals surface area contributed by atoms with Gasteiger partial charge in [0.05, 0.1) is 0 Å². The minimum absolute atomic E-state index is 0.297. The Kier molecular flexibility index (Phi) is 3.62. The van der Waals surface area contributed by atoms with Crippen molar-refractivity contribution in [3.05, 3.63) is 23.8 Å². The van der Waals surface area contributed by atoms with Crippen molar-refractivity contribution in [1.82, 2.24) is 5.32 Å². The van der Waals surface area contributed by atoms with Crippen LogP contribution in [0, 0.1) is 5.41 Å². The molecule has 3 rings (SSSR count). The van der Waals surface area contributed by atoms with Gasteiger partial charge in [-0.3, -0.25) is 0 Å². The lowest BCUT2D eigenvalue weighted by atomic mass is 10.0. The van der Waals surface area contributed by atoms with Crippen LogP contribution < -0.4 is 14.8 Å². The van der Waals surface area contributed by atoms with Crippen molar-refractivity contribution in [3.63, 3.8) is 0 Å². The van der Waals surface area contributed by atoms with Gasteiger partial charge in [0.2, 0.25) is 0 Å². The van der Waals surface area contributed by atoms with Gasteiger partial charge in [0.1, 0.15) is 13.2 Å². The SMILES string of the molecule is OCCC1(CNCc2ccc3c(c2)OCCO3)CC1. The maximum Gasteiger partial charge on any atom is 0.161 e. The minimum Gasteiger partial charge on any atom is -0.486 e. The quantitative estimate of drug-likeness (QED) is 0.820. The van der Waals surface area contributed by atoms with E-state index in [-0.39, 0.29) is 0 Å². The van der Waals surface area contributed by atoms with Gasteiger partial charge in [-0.15, -0.1) is 0 Å². The topological polar surface area (TPSA) is 50.7 Å². The van der Waals surface area contributed by atoms with E-state index in [4.69, 9.17) is 14.6 Å². The molecule has 0 saturated heterocycles. The Hall–Kier alpha value is -1.26. The summed E-state index contributed by atoms with van der Waals surface area (Å²) in [6, 6.07) is 6.10. The van der Waals surface area contributed by atoms with Crippen LogP contribution in [0.3, 0.4) is 0 Å². The Morgan fingerprint density at radius 1 is 1.16 bits per heavy atom. The fourth-order valence-electron chi connectivity index (χ4n) is 2.60. The summed E-state index contributed by atoms with van der Waals surface area (Å²) in [7, 11) is 0. The molecule has 0 aromatic heterocycles. The van der Waals surface area contributed by atoms with Crippen LogP contribution >= 0.6 is 0 Å². The number of aliphatic hydroxyl groups excluding tert-OH is 1. The van der Waals surface area contributed by atoms with Gasteiger partial charge in [-0.25, -0.2) is 0 Å². The second-order valence-corrected chi connectivity index (χ2v) is 5.56. The minimum atomic E-state index is 0.297. The van der Waals surface area contributed by atoms with Crippen LogP contribution in [0.15, 0.2) is 18.2 Å². The predicted molar refractivity (Wildman–Crippen MR) is 72.5 cm³/mol. The third kappa shape index (κ3) is 3.01. The number of nitrogens with one attached hydrogen (secondary N) is 1. The standard InChI is InChI=1S/C15H21NO3/c17-6-5-15(3-4-15)11-16-10-12-1-2-13-14(9-12)19-8-7-18-13/h1-2,9,16-17H,3-8,10-11H2. The summed E-state index contributed by atoms with van der Waals surface area (Å²) in [5, 5.41) is 12.5. The van der Waals surface area contributed by atoms with E-state index in [1.165, 1.54) is 18.4 Å². The number of aliphatic hydroxyl groups is 1. The van der Waals surface area contributed by atoms with Gasteiger partial charge in [0, 0.05) is 19.7 Å². The molecule has 0 unspecified atom stereocenters. The van der Waals surface area contributed by atoms with Crippen LogP contribution in [-0.2, 0) is 6.54 Å². The molecule has 0 amide bonds. The number of hydrogen-bond donors (Lipinski definition) is 2. The molecule has 1 fully saturated rings. The molecule has 2 N–H and O–H groups in total. The molecule has 2 aliphatic rings. The van der Waals surface area contributed by atoms with Gasteiger partial charge < -0.3 is 19.9 Å². The van der Waals surface area contributed by atoms with Crippen molar-refractivity contribution in [2.45, 2.75) is 25.8 Å². The summed E-state index contributed by atoms with van der Waals surface area (Å²) >= 11 is 0. The van der Waals surface area contributed by atoms with E-state index < -0.39 is 0 Å². The Balaban J connectivity index is 1.53. The Morgan fingerprint density at radius 2 is 1.95 bits per heavy atom. The van der Waals surface area contributed by atoms with Crippen LogP contribution in [-0.4, -0.2) is 31.5 Å². The third-order valence-electron chi connectivity index (χ3n) is 4.03. The molecular formula is C15H21NO3. The van der Waals surface area contributed by atoms with Gasteiger partial charge in [0.15, 0.2) is 11.5 Å². The smallest absolute Gasteiger partial charge is 0.161 e. The van der Waals surface area contributed by atoms with Crippen molar-refractivity contribution in [3.8, 4) is 11.5 Å². The molecule has 4 nitrogen and oxygen atoms in total. The summed E-state index contributed by atoms with van der Waals surface area (Å²) in [6.07, 6.45) is 3.39. The highest BCUT2D eigenvalue weighted by Crippen LogP contribution is 2.47. The Labute approximate surface area is 113 Å². The number of ether oxygens (including phenoxy) is 2. The second-order valence-electron chi connectivity index (χ2n) is 5.56. The average Bonchev–Trinajstić information content (AvgIpc) is 3.19. The van der Waals surface area contributed by atoms with Gasteiger partial charge in [-0.2, -0.15) is 0 Å². The van der Waals surface area contributed by atoms with Gasteiger partial charge in [0.25, 0.3) is 0 Å². The molecular weight excluding hydrogens is 242 g/mol. The van der Waals surface area contributed by atoms with Crippen LogP contribution in [0.25, 0.3) is 0 Å². The monoisotopic (exact) mass is 263 g/mol. The van der Waals surface area contributed by atoms with E-state index in [0.29, 0.717) is 25.2 Å². The third-order valence-corrected chi connectivity index (χ3v) is 4.03. The van der Waals surface area contributed by atoms with Crippen molar-refractivity contribution >= 4 is 0 Å². The molecule has 4 heteroatoms. The Morgan fingerprint density at radius 3 is 2.68 bits per heavy atom. The van der Waals surface area contributed by atoms with E-state index in [0.717, 1.165) is 31.0 Å². The molecule has 0 bridgehead atoms. The zero-order chi connectivity index (χ0) is 13.1. The normalized spacial score (nSPS) is 19.2. The molecule has 104 valence electrons. The highest BCUT2D eigenvalue weighted by atomic mass is 16.6. The lowest BCUT2D eigenvalue weighted by Gasteiger charge is -2.19. The Bertz CT molecular complexity index is 443. The number of benzene rings is 1. The molecule has 1 saturated carbocycles. The molecule has 19 heavy (non-hydrogen) atoms. The fourth-order valence-corrected chi connectivity index (χ4v) is 2.60. The average molecular weight is 263 g/mol. The largest absolute Gasteiger partial charge is 0.486 e. The first-order valence-corrected chi connectivity index (χ1v) is 7.01. The summed E-state index contributed by atoms with van der Waals surface area (Å²) in [5.74, 6) is 1.69. The molecule has 1 aromatic rings. The van der Waals surface area contributed by atoms with E-state index in [9.17, 15) is 0 Å². The first-order valence-electron chi connectivity index (χ1n) is 7.01. The summed E-state index contributed by atoms with van der Waals surface area (Å²) < 4.78 is 11.1. The predicted octanol–water partition coefficient (Wildman–Crippen LogP) is 1.71. The van der Waals surface area contributed by atoms with Crippen molar-refractivity contribution in [1.29, 1.82) is 0 Å². The maximum absolute atomic E-state index is 9.03. The first-order chi connectivity index (χ1) is 9.31. The highest BCUT2D eigenvalue weighted by Gasteiger charge is 2.41. The number of hydrogen-bond acceptors (Lipinski definition) is 4. The molecule has 0 atom stereocenters. The fraction of sp³-hybridized carbons (Fsp3) is 0.600. The van der Waals surface area contributed by atoms with Crippen LogP contribution in [0.1, 0.15) is 24.8 Å². The van der Waals surface area contributed by atoms with Crippen LogP contribution in [0.2, 0.25) is 0 Å². The van der Waals surface area contributed by atoms with Crippen molar-refractivity contribution < 1.29 is 14.6 Å². The van der Waals surface area contributed by atoms with Gasteiger partial charge >= 0.3 is 0 Å². The summed E-state index contributed by atoms with van der Waals surface area (Å²) in [4.78, 5) is 0. The molecule has 0 radical (unpaired) electrons. The van der Waals surface area contributed by atoms with Crippen LogP contribution in [0.4, 0.5) is 0 Å². The molecule has 1 aliphatic carbocycles. The van der Waals surface area contributed by atoms with E-state index in [1.807, 2.05) is 12.1 Å². The van der Waals surface area contributed by atoms with Crippen molar-refractivity contribution in [2.24, 2.45) is 5.41 Å². The lowest BCUT2D eigenvalue weighted by molar-refractivity contribution is 0.171. The van der Waals surface area contributed by atoms with Gasteiger partial charge in [-0.05, 0) is 42.4 Å². The molecule has 1 heterocycles. The summed E-state index contributed by atoms with van der Waals surface area (Å²) in [6.45, 7) is 3.38. The van der Waals surface area contributed by atoms with Crippen molar-refractivity contribution in [2.75, 3.05) is 26.4 Å². The van der Waals surface area contributed by atoms with Crippen LogP contribution in [0.5, 0.6) is 11.5 Å². The zero-order valence-electron chi connectivity index (χ0n) is 11.2. The second kappa shape index (κ2) is 5.39. The number of rotatable bonds is 6. The van der Waals surface area contributed by atoms with E-state index in [1.54, 1.807) is 0 Å². The molecule has 1 aliphatic heterocycles. The molecule has 0 spiro atoms. The van der Waals surface area contributed by atoms with Gasteiger partial charge in [-0.1, -0.05) is 6.07 Å². The lowest BCUT2D eigenvalue weighted by Crippen LogP contribution is -2.24. The highest BCUT2D eigenvalue weighted by molar-refractivity contribution is 5.43. The maximum atomic E-state index is 9.03. The molecule has 1 aromatic carbocycles. The zero-order valence-corrected chi connectivity index (χ0v) is 11.2. The van der Waals surface area contributed by atoms with E-state index in [2.05, 4.69) is 11.4 Å². The number of fused-ring (bicyclic) bond motifs is 1. The first kappa shape index (κ1) is 12.8. The van der Waals surface area contributed by atoms with E-state index >= 15 is 0 Å². The summed E-state index contributed by atoms with van der Waals surface area (Å²) in [5.41, 5.74) is 1.58.